The fraction of sp³-hybridized carbons (Fsp3) is 0.524. The lowest BCUT2D eigenvalue weighted by Crippen LogP contribution is -2.28. The van der Waals surface area contributed by atoms with E-state index in [9.17, 15) is 9.00 Å². The molecule has 4 aliphatic rings. The predicted molar refractivity (Wildman–Crippen MR) is 112 cm³/mol. The molecule has 1 saturated carbocycles. The summed E-state index contributed by atoms with van der Waals surface area (Å²) < 4.78 is 24.5. The fourth-order valence-electron chi connectivity index (χ4n) is 5.21. The standard InChI is InChI=1S/C21H25N5O3S/c22-30(28,18-10-23-26-11-21(7-8-21)12-29-19(18)26)25-20(27)24-17-9-13-3-1-4-14(13)15-5-2-6-16(15)17/h9-10H,1-8,11-12H2,(H3,22,24,25,27,28). The van der Waals surface area contributed by atoms with Crippen LogP contribution in [0.15, 0.2) is 21.5 Å². The van der Waals surface area contributed by atoms with Crippen molar-refractivity contribution in [1.82, 2.24) is 9.78 Å². The summed E-state index contributed by atoms with van der Waals surface area (Å²) in [7, 11) is -3.47. The summed E-state index contributed by atoms with van der Waals surface area (Å²) in [5.74, 6) is 0.370. The van der Waals surface area contributed by atoms with Crippen LogP contribution in [-0.2, 0) is 42.1 Å². The number of carbonyl (C=O) groups excluding carboxylic acids is 1. The monoisotopic (exact) mass is 427 g/mol. The number of fused-ring (bicyclic) bond motifs is 4. The molecule has 8 nitrogen and oxygen atoms in total. The Labute approximate surface area is 175 Å². The SMILES string of the molecule is NS(=O)(=NC(=O)Nc1cc2c(c3c1CCC3)CCC2)c1cnn2c1OCC1(CC1)C2. The number of nitrogens with zero attached hydrogens (tertiary/aromatic N) is 3. The number of carbonyl (C=O) groups is 1. The van der Waals surface area contributed by atoms with Gasteiger partial charge in [0.05, 0.1) is 19.3 Å². The molecule has 1 aliphatic heterocycles. The van der Waals surface area contributed by atoms with E-state index in [2.05, 4.69) is 20.8 Å². The molecule has 30 heavy (non-hydrogen) atoms. The number of nitrogens with one attached hydrogen (secondary N) is 1. The number of nitrogens with two attached hydrogens (primary N) is 1. The van der Waals surface area contributed by atoms with Crippen LogP contribution in [-0.4, -0.2) is 26.6 Å². The number of rotatable bonds is 2. The Morgan fingerprint density at radius 1 is 1.20 bits per heavy atom. The summed E-state index contributed by atoms with van der Waals surface area (Å²) in [6, 6.07) is 1.38. The number of hydrogen-bond donors (Lipinski definition) is 2. The molecule has 0 radical (unpaired) electrons. The Morgan fingerprint density at radius 2 is 1.97 bits per heavy atom. The van der Waals surface area contributed by atoms with Gasteiger partial charge in [0.15, 0.2) is 9.92 Å². The van der Waals surface area contributed by atoms with Crippen molar-refractivity contribution >= 4 is 21.6 Å². The third kappa shape index (κ3) is 2.86. The van der Waals surface area contributed by atoms with Crippen molar-refractivity contribution in [3.63, 3.8) is 0 Å². The Balaban J connectivity index is 1.30. The minimum atomic E-state index is -3.47. The summed E-state index contributed by atoms with van der Waals surface area (Å²) in [5.41, 5.74) is 6.32. The second-order valence-corrected chi connectivity index (χ2v) is 10.8. The number of aryl methyl sites for hydroxylation is 1. The molecular weight excluding hydrogens is 402 g/mol. The summed E-state index contributed by atoms with van der Waals surface area (Å²) in [4.78, 5) is 12.9. The molecule has 0 bridgehead atoms. The highest BCUT2D eigenvalue weighted by Gasteiger charge is 2.48. The van der Waals surface area contributed by atoms with Gasteiger partial charge in [-0.05, 0) is 79.7 Å². The Hall–Kier alpha value is -2.39. The maximum Gasteiger partial charge on any atom is 0.354 e. The topological polar surface area (TPSA) is 112 Å². The number of urea groups is 1. The zero-order chi connectivity index (χ0) is 20.5. The van der Waals surface area contributed by atoms with Crippen molar-refractivity contribution in [2.24, 2.45) is 14.9 Å². The largest absolute Gasteiger partial charge is 0.476 e. The summed E-state index contributed by atoms with van der Waals surface area (Å²) >= 11 is 0. The lowest BCUT2D eigenvalue weighted by Gasteiger charge is -2.24. The first-order valence-corrected chi connectivity index (χ1v) is 12.2. The minimum Gasteiger partial charge on any atom is -0.476 e. The average molecular weight is 428 g/mol. The lowest BCUT2D eigenvalue weighted by molar-refractivity contribution is 0.144. The molecule has 6 rings (SSSR count). The van der Waals surface area contributed by atoms with Gasteiger partial charge in [-0.25, -0.2) is 18.8 Å². The van der Waals surface area contributed by atoms with Crippen LogP contribution in [0.4, 0.5) is 10.5 Å². The quantitative estimate of drug-likeness (QED) is 0.767. The van der Waals surface area contributed by atoms with Gasteiger partial charge in [-0.15, -0.1) is 4.36 Å². The first kappa shape index (κ1) is 18.4. The molecule has 2 aromatic rings. The Bertz CT molecular complexity index is 1200. The van der Waals surface area contributed by atoms with Crippen molar-refractivity contribution in [1.29, 1.82) is 0 Å². The molecule has 158 valence electrons. The van der Waals surface area contributed by atoms with E-state index >= 15 is 0 Å². The fourth-order valence-corrected chi connectivity index (χ4v) is 6.21. The third-order valence-electron chi connectivity index (χ3n) is 6.98. The third-order valence-corrected chi connectivity index (χ3v) is 8.33. The molecule has 9 heteroatoms. The Morgan fingerprint density at radius 3 is 2.80 bits per heavy atom. The Kier molecular flexibility index (Phi) is 3.86. The van der Waals surface area contributed by atoms with Crippen LogP contribution in [0.5, 0.6) is 5.88 Å². The van der Waals surface area contributed by atoms with E-state index < -0.39 is 15.9 Å². The number of ether oxygens (including phenoxy) is 1. The van der Waals surface area contributed by atoms with E-state index in [4.69, 9.17) is 9.88 Å². The van der Waals surface area contributed by atoms with Gasteiger partial charge in [-0.1, -0.05) is 0 Å². The predicted octanol–water partition coefficient (Wildman–Crippen LogP) is 2.97. The van der Waals surface area contributed by atoms with E-state index in [-0.39, 0.29) is 10.3 Å². The van der Waals surface area contributed by atoms with Gasteiger partial charge in [0, 0.05) is 11.1 Å². The van der Waals surface area contributed by atoms with Gasteiger partial charge in [0.2, 0.25) is 5.88 Å². The normalized spacial score (nSPS) is 21.9. The van der Waals surface area contributed by atoms with E-state index in [0.29, 0.717) is 12.5 Å². The van der Waals surface area contributed by atoms with Gasteiger partial charge in [-0.3, -0.25) is 0 Å². The first-order valence-electron chi connectivity index (χ1n) is 10.7. The highest BCUT2D eigenvalue weighted by Crippen LogP contribution is 2.50. The van der Waals surface area contributed by atoms with Crippen LogP contribution in [0, 0.1) is 5.41 Å². The van der Waals surface area contributed by atoms with Crippen LogP contribution in [0.2, 0.25) is 0 Å². The molecule has 1 spiro atoms. The van der Waals surface area contributed by atoms with Crippen LogP contribution < -0.4 is 15.2 Å². The second-order valence-electron chi connectivity index (χ2n) is 9.08. The van der Waals surface area contributed by atoms with Crippen molar-refractivity contribution < 1.29 is 13.7 Å². The number of amides is 2. The van der Waals surface area contributed by atoms with E-state index in [0.717, 1.165) is 63.6 Å². The van der Waals surface area contributed by atoms with Crippen LogP contribution in [0.3, 0.4) is 0 Å². The summed E-state index contributed by atoms with van der Waals surface area (Å²) in [6.07, 6.45) is 10.1. The molecule has 1 atom stereocenters. The van der Waals surface area contributed by atoms with Crippen molar-refractivity contribution in [2.45, 2.75) is 62.8 Å². The molecule has 1 fully saturated rings. The average Bonchev–Trinajstić information content (AvgIpc) is 3.14. The van der Waals surface area contributed by atoms with Gasteiger partial charge in [-0.2, -0.15) is 5.10 Å². The number of aromatic nitrogens is 2. The highest BCUT2D eigenvalue weighted by molar-refractivity contribution is 7.91. The summed E-state index contributed by atoms with van der Waals surface area (Å²) in [5, 5.41) is 13.2. The number of hydrogen-bond acceptors (Lipinski definition) is 4. The molecule has 3 aliphatic carbocycles. The minimum absolute atomic E-state index is 0.161. The molecule has 3 N–H and O–H groups in total. The first-order chi connectivity index (χ1) is 14.4. The van der Waals surface area contributed by atoms with Crippen molar-refractivity contribution in [3.05, 3.63) is 34.5 Å². The van der Waals surface area contributed by atoms with Gasteiger partial charge in [0.1, 0.15) is 4.90 Å². The maximum atomic E-state index is 13.1. The van der Waals surface area contributed by atoms with E-state index in [1.54, 1.807) is 4.68 Å². The second kappa shape index (κ2) is 6.31. The zero-order valence-corrected chi connectivity index (χ0v) is 17.6. The van der Waals surface area contributed by atoms with Crippen molar-refractivity contribution in [3.8, 4) is 5.88 Å². The molecule has 2 heterocycles. The lowest BCUT2D eigenvalue weighted by atomic mass is 9.98. The highest BCUT2D eigenvalue weighted by atomic mass is 32.2. The van der Waals surface area contributed by atoms with Gasteiger partial charge >= 0.3 is 6.03 Å². The van der Waals surface area contributed by atoms with E-state index in [1.807, 2.05) is 0 Å². The number of anilines is 1. The molecule has 0 saturated heterocycles. The molecule has 1 aromatic heterocycles. The maximum absolute atomic E-state index is 13.1. The summed E-state index contributed by atoms with van der Waals surface area (Å²) in [6.45, 7) is 1.29. The molecule has 1 unspecified atom stereocenters. The smallest absolute Gasteiger partial charge is 0.354 e. The van der Waals surface area contributed by atoms with Crippen LogP contribution in [0.25, 0.3) is 0 Å². The number of benzene rings is 1. The van der Waals surface area contributed by atoms with Crippen LogP contribution >= 0.6 is 0 Å². The van der Waals surface area contributed by atoms with Gasteiger partial charge in [0.25, 0.3) is 0 Å². The zero-order valence-electron chi connectivity index (χ0n) is 16.8. The van der Waals surface area contributed by atoms with Crippen molar-refractivity contribution in [2.75, 3.05) is 11.9 Å². The molecule has 2 amide bonds. The van der Waals surface area contributed by atoms with Gasteiger partial charge < -0.3 is 10.1 Å². The van der Waals surface area contributed by atoms with Crippen LogP contribution in [0.1, 0.15) is 47.9 Å². The molecular formula is C21H25N5O3S. The van der Waals surface area contributed by atoms with E-state index in [1.165, 1.54) is 28.5 Å². The molecule has 1 aromatic carbocycles.